The SMILES string of the molecule is O=C(NCc1nnc(-c2ccccc2)s1)c1cn(C2CCC(O)C2)nn1. The van der Waals surface area contributed by atoms with Gasteiger partial charge in [0.1, 0.15) is 10.0 Å². The summed E-state index contributed by atoms with van der Waals surface area (Å²) in [5.74, 6) is -0.300. The Labute approximate surface area is 153 Å². The van der Waals surface area contributed by atoms with Crippen LogP contribution in [-0.4, -0.2) is 42.3 Å². The van der Waals surface area contributed by atoms with Crippen molar-refractivity contribution in [3.63, 3.8) is 0 Å². The van der Waals surface area contributed by atoms with Crippen molar-refractivity contribution in [1.29, 1.82) is 0 Å². The van der Waals surface area contributed by atoms with Gasteiger partial charge in [0, 0.05) is 5.56 Å². The molecule has 1 saturated carbocycles. The van der Waals surface area contributed by atoms with Gasteiger partial charge in [-0.3, -0.25) is 4.79 Å². The number of amides is 1. The Bertz CT molecular complexity index is 894. The average Bonchev–Trinajstić information content (AvgIpc) is 3.40. The lowest BCUT2D eigenvalue weighted by atomic mass is 10.2. The third-order valence-electron chi connectivity index (χ3n) is 4.38. The summed E-state index contributed by atoms with van der Waals surface area (Å²) in [6.07, 6.45) is 3.59. The van der Waals surface area contributed by atoms with Gasteiger partial charge in [-0.05, 0) is 19.3 Å². The molecule has 134 valence electrons. The van der Waals surface area contributed by atoms with Crippen molar-refractivity contribution in [3.05, 3.63) is 47.2 Å². The molecule has 1 aromatic carbocycles. The van der Waals surface area contributed by atoms with Gasteiger partial charge >= 0.3 is 0 Å². The minimum absolute atomic E-state index is 0.107. The van der Waals surface area contributed by atoms with Gasteiger partial charge in [0.15, 0.2) is 5.69 Å². The molecule has 2 aromatic heterocycles. The van der Waals surface area contributed by atoms with Crippen molar-refractivity contribution in [2.45, 2.75) is 38.0 Å². The number of carbonyl (C=O) groups is 1. The normalized spacial score (nSPS) is 19.6. The lowest BCUT2D eigenvalue weighted by molar-refractivity contribution is 0.0945. The van der Waals surface area contributed by atoms with Crippen LogP contribution in [0.15, 0.2) is 36.5 Å². The predicted molar refractivity (Wildman–Crippen MR) is 95.4 cm³/mol. The molecule has 0 saturated heterocycles. The van der Waals surface area contributed by atoms with E-state index in [-0.39, 0.29) is 23.7 Å². The minimum Gasteiger partial charge on any atom is -0.393 e. The van der Waals surface area contributed by atoms with Gasteiger partial charge in [-0.2, -0.15) is 0 Å². The van der Waals surface area contributed by atoms with Crippen LogP contribution in [0.5, 0.6) is 0 Å². The number of nitrogens with zero attached hydrogens (tertiary/aromatic N) is 5. The molecular formula is C17H18N6O2S. The summed E-state index contributed by atoms with van der Waals surface area (Å²) in [5.41, 5.74) is 1.27. The minimum atomic E-state index is -0.300. The highest BCUT2D eigenvalue weighted by molar-refractivity contribution is 7.14. The molecule has 0 radical (unpaired) electrons. The number of hydrogen-bond donors (Lipinski definition) is 2. The van der Waals surface area contributed by atoms with Crippen LogP contribution in [0.4, 0.5) is 0 Å². The molecule has 1 aliphatic carbocycles. The first kappa shape index (κ1) is 16.8. The van der Waals surface area contributed by atoms with E-state index in [1.165, 1.54) is 11.3 Å². The molecule has 2 atom stereocenters. The van der Waals surface area contributed by atoms with E-state index in [0.29, 0.717) is 13.0 Å². The van der Waals surface area contributed by atoms with E-state index >= 15 is 0 Å². The van der Waals surface area contributed by atoms with Crippen LogP contribution in [0.3, 0.4) is 0 Å². The molecule has 1 fully saturated rings. The topological polar surface area (TPSA) is 106 Å². The van der Waals surface area contributed by atoms with Crippen molar-refractivity contribution in [3.8, 4) is 10.6 Å². The lowest BCUT2D eigenvalue weighted by Crippen LogP contribution is -2.23. The summed E-state index contributed by atoms with van der Waals surface area (Å²) >= 11 is 1.44. The summed E-state index contributed by atoms with van der Waals surface area (Å²) in [4.78, 5) is 12.3. The molecule has 0 spiro atoms. The van der Waals surface area contributed by atoms with Crippen LogP contribution < -0.4 is 5.32 Å². The smallest absolute Gasteiger partial charge is 0.273 e. The van der Waals surface area contributed by atoms with E-state index in [9.17, 15) is 9.90 Å². The number of hydrogen-bond acceptors (Lipinski definition) is 7. The van der Waals surface area contributed by atoms with Crippen LogP contribution in [0, 0.1) is 0 Å². The van der Waals surface area contributed by atoms with Crippen molar-refractivity contribution < 1.29 is 9.90 Å². The third-order valence-corrected chi connectivity index (χ3v) is 5.35. The standard InChI is InChI=1S/C17H18N6O2S/c24-13-7-6-12(8-13)23-10-14(19-22-23)16(25)18-9-15-20-21-17(26-15)11-4-2-1-3-5-11/h1-5,10,12-13,24H,6-9H2,(H,18,25). The van der Waals surface area contributed by atoms with Gasteiger partial charge in [0.2, 0.25) is 0 Å². The van der Waals surface area contributed by atoms with E-state index in [1.54, 1.807) is 10.9 Å². The number of carbonyl (C=O) groups excluding carboxylic acids is 1. The molecular weight excluding hydrogens is 352 g/mol. The van der Waals surface area contributed by atoms with E-state index in [0.717, 1.165) is 28.4 Å². The Morgan fingerprint density at radius 3 is 2.85 bits per heavy atom. The molecule has 1 amide bonds. The van der Waals surface area contributed by atoms with Crippen LogP contribution >= 0.6 is 11.3 Å². The largest absolute Gasteiger partial charge is 0.393 e. The molecule has 2 unspecified atom stereocenters. The fourth-order valence-corrected chi connectivity index (χ4v) is 3.79. The second-order valence-electron chi connectivity index (χ2n) is 6.25. The fraction of sp³-hybridized carbons (Fsp3) is 0.353. The van der Waals surface area contributed by atoms with E-state index in [4.69, 9.17) is 0 Å². The molecule has 2 heterocycles. The summed E-state index contributed by atoms with van der Waals surface area (Å²) < 4.78 is 1.67. The number of aromatic nitrogens is 5. The van der Waals surface area contributed by atoms with E-state index in [2.05, 4.69) is 25.8 Å². The average molecular weight is 370 g/mol. The summed E-state index contributed by atoms with van der Waals surface area (Å²) in [6, 6.07) is 9.90. The van der Waals surface area contributed by atoms with Gasteiger partial charge < -0.3 is 10.4 Å². The Hall–Kier alpha value is -2.65. The van der Waals surface area contributed by atoms with Crippen LogP contribution in [0.2, 0.25) is 0 Å². The van der Waals surface area contributed by atoms with Gasteiger partial charge in [-0.15, -0.1) is 15.3 Å². The van der Waals surface area contributed by atoms with Crippen molar-refractivity contribution in [2.24, 2.45) is 0 Å². The second kappa shape index (κ2) is 7.30. The number of aliphatic hydroxyl groups excluding tert-OH is 1. The van der Waals surface area contributed by atoms with Crippen molar-refractivity contribution >= 4 is 17.2 Å². The number of benzene rings is 1. The Balaban J connectivity index is 1.36. The number of aliphatic hydroxyl groups is 1. The monoisotopic (exact) mass is 370 g/mol. The van der Waals surface area contributed by atoms with E-state index < -0.39 is 0 Å². The fourth-order valence-electron chi connectivity index (χ4n) is 3.00. The van der Waals surface area contributed by atoms with Gasteiger partial charge in [-0.1, -0.05) is 46.9 Å². The zero-order chi connectivity index (χ0) is 17.9. The molecule has 0 bridgehead atoms. The highest BCUT2D eigenvalue weighted by atomic mass is 32.1. The van der Waals surface area contributed by atoms with Crippen molar-refractivity contribution in [1.82, 2.24) is 30.5 Å². The third kappa shape index (κ3) is 3.63. The van der Waals surface area contributed by atoms with Crippen LogP contribution in [-0.2, 0) is 6.54 Å². The molecule has 26 heavy (non-hydrogen) atoms. The molecule has 3 aromatic rings. The summed E-state index contributed by atoms with van der Waals surface area (Å²) in [5, 5.41) is 30.2. The highest BCUT2D eigenvalue weighted by Crippen LogP contribution is 2.29. The van der Waals surface area contributed by atoms with Gasteiger partial charge in [0.05, 0.1) is 24.9 Å². The van der Waals surface area contributed by atoms with Crippen LogP contribution in [0.25, 0.3) is 10.6 Å². The Kier molecular flexibility index (Phi) is 4.72. The van der Waals surface area contributed by atoms with Gasteiger partial charge in [-0.25, -0.2) is 4.68 Å². The molecule has 9 heteroatoms. The maximum Gasteiger partial charge on any atom is 0.273 e. The Morgan fingerprint density at radius 2 is 2.08 bits per heavy atom. The first-order valence-corrected chi connectivity index (χ1v) is 9.26. The first-order valence-electron chi connectivity index (χ1n) is 8.45. The lowest BCUT2D eigenvalue weighted by Gasteiger charge is -2.07. The molecule has 1 aliphatic rings. The molecule has 8 nitrogen and oxygen atoms in total. The molecule has 2 N–H and O–H groups in total. The first-order chi connectivity index (χ1) is 12.7. The maximum atomic E-state index is 12.3. The van der Waals surface area contributed by atoms with Gasteiger partial charge in [0.25, 0.3) is 5.91 Å². The summed E-state index contributed by atoms with van der Waals surface area (Å²) in [7, 11) is 0. The number of nitrogens with one attached hydrogen (secondary N) is 1. The zero-order valence-corrected chi connectivity index (χ0v) is 14.8. The van der Waals surface area contributed by atoms with Crippen LogP contribution in [0.1, 0.15) is 40.8 Å². The maximum absolute atomic E-state index is 12.3. The molecule has 0 aliphatic heterocycles. The van der Waals surface area contributed by atoms with Crippen molar-refractivity contribution in [2.75, 3.05) is 0 Å². The quantitative estimate of drug-likeness (QED) is 0.709. The molecule has 4 rings (SSSR count). The number of rotatable bonds is 5. The summed E-state index contributed by atoms with van der Waals surface area (Å²) in [6.45, 7) is 0.290. The van der Waals surface area contributed by atoms with E-state index in [1.807, 2.05) is 30.3 Å². The predicted octanol–water partition coefficient (Wildman–Crippen LogP) is 1.81. The zero-order valence-electron chi connectivity index (χ0n) is 13.9. The second-order valence-corrected chi connectivity index (χ2v) is 7.32. The Morgan fingerprint density at radius 1 is 1.23 bits per heavy atom. The highest BCUT2D eigenvalue weighted by Gasteiger charge is 2.26.